The maximum atomic E-state index is 11.8. The Kier molecular flexibility index (Phi) is 2.88. The summed E-state index contributed by atoms with van der Waals surface area (Å²) < 4.78 is 5.23. The van der Waals surface area contributed by atoms with Crippen molar-refractivity contribution < 1.29 is 14.3 Å². The molecule has 7 heteroatoms. The Balaban J connectivity index is 1.81. The van der Waals surface area contributed by atoms with Gasteiger partial charge in [0.25, 0.3) is 11.8 Å². The molecule has 2 aromatic rings. The second kappa shape index (κ2) is 4.69. The van der Waals surface area contributed by atoms with Gasteiger partial charge >= 0.3 is 0 Å². The SMILES string of the molecule is O=C1COc2ccc(NC(=O)c3cscn3)cc2N1. The van der Waals surface area contributed by atoms with Crippen LogP contribution in [0.3, 0.4) is 0 Å². The summed E-state index contributed by atoms with van der Waals surface area (Å²) in [5.74, 6) is 0.0889. The molecule has 1 aliphatic rings. The average Bonchev–Trinajstić information content (AvgIpc) is 2.92. The van der Waals surface area contributed by atoms with Gasteiger partial charge in [0.15, 0.2) is 6.61 Å². The van der Waals surface area contributed by atoms with E-state index < -0.39 is 0 Å². The van der Waals surface area contributed by atoms with E-state index in [0.29, 0.717) is 22.8 Å². The van der Waals surface area contributed by atoms with Crippen LogP contribution in [0.2, 0.25) is 0 Å². The lowest BCUT2D eigenvalue weighted by Crippen LogP contribution is -2.25. The normalized spacial score (nSPS) is 13.2. The second-order valence-electron chi connectivity index (χ2n) is 3.88. The van der Waals surface area contributed by atoms with Crippen LogP contribution in [-0.2, 0) is 4.79 Å². The van der Waals surface area contributed by atoms with Gasteiger partial charge in [0.05, 0.1) is 11.2 Å². The van der Waals surface area contributed by atoms with Crippen molar-refractivity contribution in [2.24, 2.45) is 0 Å². The number of rotatable bonds is 2. The highest BCUT2D eigenvalue weighted by Crippen LogP contribution is 2.30. The maximum Gasteiger partial charge on any atom is 0.275 e. The van der Waals surface area contributed by atoms with Gasteiger partial charge in [-0.05, 0) is 18.2 Å². The fourth-order valence-corrected chi connectivity index (χ4v) is 2.21. The van der Waals surface area contributed by atoms with Crippen molar-refractivity contribution in [3.8, 4) is 5.75 Å². The van der Waals surface area contributed by atoms with Crippen molar-refractivity contribution in [3.05, 3.63) is 34.8 Å². The summed E-state index contributed by atoms with van der Waals surface area (Å²) in [6.07, 6.45) is 0. The second-order valence-corrected chi connectivity index (χ2v) is 4.59. The van der Waals surface area contributed by atoms with E-state index in [4.69, 9.17) is 4.74 Å². The number of amides is 2. The summed E-state index contributed by atoms with van der Waals surface area (Å²) in [5, 5.41) is 7.05. The van der Waals surface area contributed by atoms with Crippen LogP contribution in [0.5, 0.6) is 5.75 Å². The van der Waals surface area contributed by atoms with E-state index in [9.17, 15) is 9.59 Å². The highest BCUT2D eigenvalue weighted by atomic mass is 32.1. The highest BCUT2D eigenvalue weighted by molar-refractivity contribution is 7.07. The molecule has 0 saturated heterocycles. The number of anilines is 2. The van der Waals surface area contributed by atoms with E-state index in [1.54, 1.807) is 29.1 Å². The summed E-state index contributed by atoms with van der Waals surface area (Å²) in [6.45, 7) is 0.0114. The van der Waals surface area contributed by atoms with E-state index >= 15 is 0 Å². The highest BCUT2D eigenvalue weighted by Gasteiger charge is 2.16. The summed E-state index contributed by atoms with van der Waals surface area (Å²) >= 11 is 1.35. The van der Waals surface area contributed by atoms with E-state index in [2.05, 4.69) is 15.6 Å². The average molecular weight is 275 g/mol. The Morgan fingerprint density at radius 2 is 2.37 bits per heavy atom. The van der Waals surface area contributed by atoms with E-state index in [0.717, 1.165) is 0 Å². The van der Waals surface area contributed by atoms with Crippen LogP contribution in [0, 0.1) is 0 Å². The molecule has 1 aromatic heterocycles. The monoisotopic (exact) mass is 275 g/mol. The zero-order valence-corrected chi connectivity index (χ0v) is 10.5. The molecule has 0 atom stereocenters. The van der Waals surface area contributed by atoms with Crippen LogP contribution in [0.1, 0.15) is 10.5 Å². The van der Waals surface area contributed by atoms with Gasteiger partial charge in [0, 0.05) is 11.1 Å². The molecule has 6 nitrogen and oxygen atoms in total. The lowest BCUT2D eigenvalue weighted by atomic mass is 10.2. The minimum absolute atomic E-state index is 0.0114. The number of carbonyl (C=O) groups excluding carboxylic acids is 2. The first-order chi connectivity index (χ1) is 9.22. The fraction of sp³-hybridized carbons (Fsp3) is 0.0833. The minimum Gasteiger partial charge on any atom is -0.482 e. The molecule has 1 aromatic carbocycles. The molecule has 2 N–H and O–H groups in total. The van der Waals surface area contributed by atoms with Crippen LogP contribution in [0.25, 0.3) is 0 Å². The quantitative estimate of drug-likeness (QED) is 0.874. The predicted molar refractivity (Wildman–Crippen MR) is 70.6 cm³/mol. The summed E-state index contributed by atoms with van der Waals surface area (Å²) in [5.41, 5.74) is 3.08. The molecule has 1 aliphatic heterocycles. The van der Waals surface area contributed by atoms with E-state index in [1.807, 2.05) is 0 Å². The van der Waals surface area contributed by atoms with Gasteiger partial charge in [-0.3, -0.25) is 9.59 Å². The fourth-order valence-electron chi connectivity index (χ4n) is 1.68. The van der Waals surface area contributed by atoms with Gasteiger partial charge in [-0.15, -0.1) is 11.3 Å². The molecular weight excluding hydrogens is 266 g/mol. The number of hydrogen-bond acceptors (Lipinski definition) is 5. The molecular formula is C12H9N3O3S. The van der Waals surface area contributed by atoms with Gasteiger partial charge in [0.2, 0.25) is 0 Å². The summed E-state index contributed by atoms with van der Waals surface area (Å²) in [6, 6.07) is 5.06. The Hall–Kier alpha value is -2.41. The molecule has 0 radical (unpaired) electrons. The zero-order chi connectivity index (χ0) is 13.2. The van der Waals surface area contributed by atoms with Crippen molar-refractivity contribution in [1.82, 2.24) is 4.98 Å². The van der Waals surface area contributed by atoms with Crippen molar-refractivity contribution in [3.63, 3.8) is 0 Å². The number of thiazole rings is 1. The number of hydrogen-bond donors (Lipinski definition) is 2. The van der Waals surface area contributed by atoms with Crippen LogP contribution in [-0.4, -0.2) is 23.4 Å². The van der Waals surface area contributed by atoms with Crippen molar-refractivity contribution in [2.75, 3.05) is 17.2 Å². The third kappa shape index (κ3) is 2.41. The minimum atomic E-state index is -0.288. The predicted octanol–water partition coefficient (Wildman–Crippen LogP) is 1.73. The molecule has 2 heterocycles. The largest absolute Gasteiger partial charge is 0.482 e. The molecule has 96 valence electrons. The lowest BCUT2D eigenvalue weighted by Gasteiger charge is -2.18. The standard InChI is InChI=1S/C12H9N3O3S/c16-11-4-18-10-2-1-7(3-8(10)15-11)14-12(17)9-5-19-6-13-9/h1-3,5-6H,4H2,(H,14,17)(H,15,16). The van der Waals surface area contributed by atoms with Crippen molar-refractivity contribution >= 4 is 34.5 Å². The van der Waals surface area contributed by atoms with Gasteiger partial charge < -0.3 is 15.4 Å². The molecule has 0 aliphatic carbocycles. The topological polar surface area (TPSA) is 80.3 Å². The molecule has 0 spiro atoms. The third-order valence-corrected chi connectivity index (χ3v) is 3.12. The first kappa shape index (κ1) is 11.7. The van der Waals surface area contributed by atoms with Crippen LogP contribution in [0.4, 0.5) is 11.4 Å². The number of nitrogens with one attached hydrogen (secondary N) is 2. The van der Waals surface area contributed by atoms with Gasteiger partial charge in [0.1, 0.15) is 11.4 Å². The van der Waals surface area contributed by atoms with Crippen LogP contribution >= 0.6 is 11.3 Å². The Bertz CT molecular complexity index is 640. The lowest BCUT2D eigenvalue weighted by molar-refractivity contribution is -0.118. The van der Waals surface area contributed by atoms with Gasteiger partial charge in [-0.1, -0.05) is 0 Å². The zero-order valence-electron chi connectivity index (χ0n) is 9.67. The maximum absolute atomic E-state index is 11.8. The van der Waals surface area contributed by atoms with Crippen LogP contribution in [0.15, 0.2) is 29.1 Å². The van der Waals surface area contributed by atoms with E-state index in [1.165, 1.54) is 11.3 Å². The molecule has 0 bridgehead atoms. The number of benzene rings is 1. The molecule has 0 fully saturated rings. The summed E-state index contributed by atoms with van der Waals surface area (Å²) in [7, 11) is 0. The number of nitrogens with zero attached hydrogens (tertiary/aromatic N) is 1. The molecule has 19 heavy (non-hydrogen) atoms. The smallest absolute Gasteiger partial charge is 0.275 e. The third-order valence-electron chi connectivity index (χ3n) is 2.54. The number of ether oxygens (including phenoxy) is 1. The first-order valence-electron chi connectivity index (χ1n) is 5.48. The van der Waals surface area contributed by atoms with Crippen molar-refractivity contribution in [2.45, 2.75) is 0 Å². The Morgan fingerprint density at radius 1 is 1.47 bits per heavy atom. The number of aromatic nitrogens is 1. The Morgan fingerprint density at radius 3 is 3.16 bits per heavy atom. The number of carbonyl (C=O) groups is 2. The molecule has 0 saturated carbocycles. The van der Waals surface area contributed by atoms with Gasteiger partial charge in [-0.2, -0.15) is 0 Å². The van der Waals surface area contributed by atoms with Crippen molar-refractivity contribution in [1.29, 1.82) is 0 Å². The Labute approximate surface area is 112 Å². The molecule has 2 amide bonds. The van der Waals surface area contributed by atoms with Crippen LogP contribution < -0.4 is 15.4 Å². The summed E-state index contributed by atoms with van der Waals surface area (Å²) in [4.78, 5) is 27.0. The van der Waals surface area contributed by atoms with E-state index in [-0.39, 0.29) is 18.4 Å². The number of fused-ring (bicyclic) bond motifs is 1. The first-order valence-corrected chi connectivity index (χ1v) is 6.43. The van der Waals surface area contributed by atoms with Gasteiger partial charge in [-0.25, -0.2) is 4.98 Å². The molecule has 0 unspecified atom stereocenters. The molecule has 3 rings (SSSR count).